The summed E-state index contributed by atoms with van der Waals surface area (Å²) in [6.45, 7) is 10.3. The van der Waals surface area contributed by atoms with Crippen LogP contribution in [0, 0.1) is 0 Å². The minimum absolute atomic E-state index is 0.0375. The predicted octanol–water partition coefficient (Wildman–Crippen LogP) is -0.0255. The van der Waals surface area contributed by atoms with Crippen LogP contribution < -0.4 is 19.8 Å². The maximum atomic E-state index is 11.1. The topological polar surface area (TPSA) is 105 Å². The lowest BCUT2D eigenvalue weighted by Gasteiger charge is -2.25. The summed E-state index contributed by atoms with van der Waals surface area (Å²) in [6.07, 6.45) is 1.07. The average molecular weight is 401 g/mol. The largest absolute Gasteiger partial charge is 0.491 e. The van der Waals surface area contributed by atoms with Crippen LogP contribution in [-0.4, -0.2) is 63.7 Å². The van der Waals surface area contributed by atoms with Crippen LogP contribution in [-0.2, 0) is 9.53 Å². The summed E-state index contributed by atoms with van der Waals surface area (Å²) in [4.78, 5) is 32.3. The summed E-state index contributed by atoms with van der Waals surface area (Å²) in [7, 11) is -5.54. The van der Waals surface area contributed by atoms with Crippen molar-refractivity contribution in [3.8, 4) is 11.5 Å². The van der Waals surface area contributed by atoms with Gasteiger partial charge in [-0.25, -0.2) is 4.79 Å². The van der Waals surface area contributed by atoms with E-state index in [0.29, 0.717) is 21.9 Å². The number of esters is 1. The first kappa shape index (κ1) is 22.4. The second kappa shape index (κ2) is 9.33. The van der Waals surface area contributed by atoms with Gasteiger partial charge in [-0.1, -0.05) is 6.58 Å². The van der Waals surface area contributed by atoms with Gasteiger partial charge in [0.25, 0.3) is 0 Å². The van der Waals surface area contributed by atoms with E-state index in [9.17, 15) is 14.4 Å². The third-order valence-corrected chi connectivity index (χ3v) is 6.92. The zero-order chi connectivity index (χ0) is 20.0. The van der Waals surface area contributed by atoms with Gasteiger partial charge < -0.3 is 28.9 Å². The van der Waals surface area contributed by atoms with Crippen molar-refractivity contribution in [1.29, 1.82) is 0 Å². The van der Waals surface area contributed by atoms with E-state index in [-0.39, 0.29) is 26.4 Å². The Morgan fingerprint density at radius 2 is 1.46 bits per heavy atom. The van der Waals surface area contributed by atoms with E-state index in [1.165, 1.54) is 0 Å². The van der Waals surface area contributed by atoms with Gasteiger partial charge in [0.05, 0.1) is 6.61 Å². The second-order valence-electron chi connectivity index (χ2n) is 6.75. The predicted molar refractivity (Wildman–Crippen MR) is 104 cm³/mol. The normalized spacial score (nSPS) is 11.8. The molecule has 0 heterocycles. The van der Waals surface area contributed by atoms with Crippen molar-refractivity contribution in [3.05, 3.63) is 24.8 Å². The van der Waals surface area contributed by atoms with Gasteiger partial charge in [-0.05, 0) is 38.3 Å². The molecule has 146 valence electrons. The Bertz CT molecular complexity index is 633. The van der Waals surface area contributed by atoms with Crippen LogP contribution in [0.2, 0.25) is 26.2 Å². The fraction of sp³-hybridized carbons (Fsp3) is 0.471. The van der Waals surface area contributed by atoms with Crippen molar-refractivity contribution in [2.24, 2.45) is 0 Å². The van der Waals surface area contributed by atoms with E-state index in [0.717, 1.165) is 6.08 Å². The monoisotopic (exact) mass is 400 g/mol. The van der Waals surface area contributed by atoms with Crippen molar-refractivity contribution < 1.29 is 33.7 Å². The lowest BCUT2D eigenvalue weighted by atomic mass is 10.3. The lowest BCUT2D eigenvalue weighted by Crippen LogP contribution is -2.47. The van der Waals surface area contributed by atoms with E-state index >= 15 is 0 Å². The molecular formula is C17H28O7Si2. The minimum Gasteiger partial charge on any atom is -0.491 e. The molecule has 0 amide bonds. The average Bonchev–Trinajstić information content (AvgIpc) is 2.54. The molecule has 1 aromatic carbocycles. The van der Waals surface area contributed by atoms with Crippen molar-refractivity contribution in [2.45, 2.75) is 26.2 Å². The maximum absolute atomic E-state index is 11.1. The van der Waals surface area contributed by atoms with Gasteiger partial charge in [0.1, 0.15) is 31.3 Å². The van der Waals surface area contributed by atoms with E-state index in [1.54, 1.807) is 38.3 Å². The van der Waals surface area contributed by atoms with E-state index in [4.69, 9.17) is 19.3 Å². The van der Waals surface area contributed by atoms with E-state index in [1.807, 2.05) is 0 Å². The molecule has 0 aliphatic carbocycles. The molecule has 1 rings (SSSR count). The molecule has 0 spiro atoms. The van der Waals surface area contributed by atoms with Gasteiger partial charge in [-0.3, -0.25) is 0 Å². The summed E-state index contributed by atoms with van der Waals surface area (Å²) in [6, 6.07) is 3.35. The highest BCUT2D eigenvalue weighted by Gasteiger charge is 2.32. The summed E-state index contributed by atoms with van der Waals surface area (Å²) >= 11 is 0. The number of carbonyl (C=O) groups is 1. The molecule has 0 saturated carbocycles. The molecule has 0 fully saturated rings. The van der Waals surface area contributed by atoms with Crippen LogP contribution in [0.3, 0.4) is 0 Å². The molecule has 26 heavy (non-hydrogen) atoms. The zero-order valence-electron chi connectivity index (χ0n) is 15.7. The Kier molecular flexibility index (Phi) is 8.03. The Labute approximate surface area is 156 Å². The highest BCUT2D eigenvalue weighted by Crippen LogP contribution is 2.21. The summed E-state index contributed by atoms with van der Waals surface area (Å²) in [5.41, 5.74) is 0. The van der Waals surface area contributed by atoms with Gasteiger partial charge in [0.2, 0.25) is 16.6 Å². The molecule has 0 bridgehead atoms. The first-order chi connectivity index (χ1) is 12.0. The number of hydrogen-bond donors (Lipinski definition) is 3. The molecule has 0 aromatic heterocycles. The van der Waals surface area contributed by atoms with Crippen LogP contribution in [0.1, 0.15) is 0 Å². The van der Waals surface area contributed by atoms with Crippen molar-refractivity contribution >= 4 is 33.0 Å². The van der Waals surface area contributed by atoms with Gasteiger partial charge in [-0.2, -0.15) is 0 Å². The maximum Gasteiger partial charge on any atom is 0.330 e. The summed E-state index contributed by atoms with van der Waals surface area (Å²) < 4.78 is 16.2. The first-order valence-electron chi connectivity index (χ1n) is 8.30. The third kappa shape index (κ3) is 6.58. The van der Waals surface area contributed by atoms with Crippen molar-refractivity contribution in [2.75, 3.05) is 26.4 Å². The molecule has 0 saturated heterocycles. The van der Waals surface area contributed by atoms with Crippen LogP contribution in [0.5, 0.6) is 11.5 Å². The van der Waals surface area contributed by atoms with Crippen molar-refractivity contribution in [3.63, 3.8) is 0 Å². The zero-order valence-corrected chi connectivity index (χ0v) is 17.7. The Balaban J connectivity index is 3.20. The van der Waals surface area contributed by atoms with Gasteiger partial charge in [-0.15, -0.1) is 0 Å². The lowest BCUT2D eigenvalue weighted by molar-refractivity contribution is -0.138. The molecule has 1 aromatic rings. The first-order valence-corrected chi connectivity index (χ1v) is 14.2. The number of rotatable bonds is 10. The van der Waals surface area contributed by atoms with E-state index < -0.39 is 22.6 Å². The van der Waals surface area contributed by atoms with Crippen LogP contribution >= 0.6 is 0 Å². The molecule has 0 aliphatic rings. The number of hydrogen-bond acceptors (Lipinski definition) is 7. The van der Waals surface area contributed by atoms with Gasteiger partial charge in [0, 0.05) is 16.4 Å². The highest BCUT2D eigenvalue weighted by atomic mass is 28.4. The molecule has 0 aliphatic heterocycles. The SMILES string of the molecule is C=CC(=O)OCCOc1cc([Si](C)(C)O)c(OCCO)cc1[Si](C)(C)O. The Hall–Kier alpha value is -1.66. The van der Waals surface area contributed by atoms with Crippen LogP contribution in [0.4, 0.5) is 0 Å². The van der Waals surface area contributed by atoms with Crippen LogP contribution in [0.15, 0.2) is 24.8 Å². The Morgan fingerprint density at radius 3 is 1.85 bits per heavy atom. The number of benzene rings is 1. The summed E-state index contributed by atoms with van der Waals surface area (Å²) in [5, 5.41) is 10.2. The molecular weight excluding hydrogens is 372 g/mol. The molecule has 9 heteroatoms. The standard InChI is InChI=1S/C17H28O7Si2/c1-6-17(19)24-10-9-23-14-12-15(25(2,3)20)13(22-8-7-18)11-16(14)26(4,5)21/h6,11-12,18,20-21H,1,7-10H2,2-5H3. The highest BCUT2D eigenvalue weighted by molar-refractivity contribution is 6.86. The number of aliphatic hydroxyl groups is 1. The quantitative estimate of drug-likeness (QED) is 0.219. The van der Waals surface area contributed by atoms with Gasteiger partial charge >= 0.3 is 5.97 Å². The molecule has 7 nitrogen and oxygen atoms in total. The minimum atomic E-state index is -2.78. The van der Waals surface area contributed by atoms with Gasteiger partial charge in [0.15, 0.2) is 0 Å². The van der Waals surface area contributed by atoms with Crippen molar-refractivity contribution in [1.82, 2.24) is 0 Å². The van der Waals surface area contributed by atoms with Crippen LogP contribution in [0.25, 0.3) is 0 Å². The third-order valence-electron chi connectivity index (χ3n) is 3.50. The van der Waals surface area contributed by atoms with E-state index in [2.05, 4.69) is 6.58 Å². The number of ether oxygens (including phenoxy) is 3. The molecule has 0 radical (unpaired) electrons. The number of carbonyl (C=O) groups excluding carboxylic acids is 1. The Morgan fingerprint density at radius 1 is 1.00 bits per heavy atom. The smallest absolute Gasteiger partial charge is 0.330 e. The second-order valence-corrected chi connectivity index (χ2v) is 14.1. The molecule has 0 unspecified atom stereocenters. The summed E-state index contributed by atoms with van der Waals surface area (Å²) in [5.74, 6) is 0.330. The fourth-order valence-corrected chi connectivity index (χ4v) is 4.73. The molecule has 0 atom stereocenters. The number of aliphatic hydroxyl groups excluding tert-OH is 1. The molecule has 3 N–H and O–H groups in total. The fourth-order valence-electron chi connectivity index (χ4n) is 2.26.